The van der Waals surface area contributed by atoms with E-state index in [2.05, 4.69) is 19.9 Å². The number of amides is 1. The number of aromatic nitrogens is 4. The van der Waals surface area contributed by atoms with Gasteiger partial charge in [-0.2, -0.15) is 14.6 Å². The number of aryl methyl sites for hydroxylation is 1. The first-order chi connectivity index (χ1) is 24.6. The van der Waals surface area contributed by atoms with E-state index in [-0.39, 0.29) is 48.8 Å². The Kier molecular flexibility index (Phi) is 8.31. The summed E-state index contributed by atoms with van der Waals surface area (Å²) in [7, 11) is -7.67. The van der Waals surface area contributed by atoms with Gasteiger partial charge in [0.2, 0.25) is 24.4 Å². The number of hydrogen-bond acceptors (Lipinski definition) is 16. The summed E-state index contributed by atoms with van der Waals surface area (Å²) in [6.45, 7) is 3.06. The zero-order chi connectivity index (χ0) is 36.8. The lowest BCUT2D eigenvalue weighted by Gasteiger charge is -2.33. The van der Waals surface area contributed by atoms with E-state index in [0.717, 1.165) is 0 Å². The number of imidazole rings is 1. The number of ether oxygens (including phenoxy) is 3. The number of carbonyl (C=O) groups excluding carboxylic acids is 1. The Bertz CT molecular complexity index is 2130. The SMILES string of the molecule is COC1=NC(=O)C[N+]([C@@H]2O[C@@H]3COP(=O)(Oc4cccc(OP5(=O)OC[C@H]6O[C@@H](n7cnc8c(C)nc(N)nc87)[C@](C)(F)[C@@H]6O5)c4)O[C@H]3[C@@]2(C)F)=C1. The van der Waals surface area contributed by atoms with E-state index in [1.807, 2.05) is 0 Å². The molecule has 10 atom stereocenters. The largest absolute Gasteiger partial charge is 0.530 e. The van der Waals surface area contributed by atoms with Crippen LogP contribution in [0.25, 0.3) is 11.2 Å². The summed E-state index contributed by atoms with van der Waals surface area (Å²) in [5.41, 5.74) is 2.34. The molecule has 7 heterocycles. The molecule has 5 aliphatic rings. The van der Waals surface area contributed by atoms with Crippen LogP contribution in [0.5, 0.6) is 11.5 Å². The van der Waals surface area contributed by atoms with Crippen molar-refractivity contribution >= 4 is 50.8 Å². The maximum absolute atomic E-state index is 16.5. The van der Waals surface area contributed by atoms with E-state index in [9.17, 15) is 13.9 Å². The first-order valence-electron chi connectivity index (χ1n) is 15.8. The van der Waals surface area contributed by atoms with E-state index in [0.29, 0.717) is 11.2 Å². The molecule has 2 aromatic heterocycles. The number of aliphatic imine (C=N–C) groups is 1. The summed E-state index contributed by atoms with van der Waals surface area (Å²) in [5.74, 6) is -0.931. The predicted octanol–water partition coefficient (Wildman–Crippen LogP) is 2.97. The van der Waals surface area contributed by atoms with Gasteiger partial charge in [0.25, 0.3) is 12.1 Å². The fourth-order valence-corrected chi connectivity index (χ4v) is 9.68. The number of hydrogen-bond donors (Lipinski definition) is 1. The molecule has 2 unspecified atom stereocenters. The standard InChI is InChI=1S/C29H31F2N7O12P2/c1-14-21-24(36-27(32)34-14)38(13-33-21)26-29(3,31)23-18(46-26)12-44-52(41,50-23)48-16-7-5-6-15(8-16)47-51(40)43-11-17-22(49-51)28(2,30)25(45-17)37-9-19(39)35-20(10-37)42-4/h5-8,10,13,17-18,22-23,25-26,32H,9,11-12H2,1-4H3/p+1/t17-,18-,22-,23-,25-,26-,28-,29-,51?,52?/m1/s1. The van der Waals surface area contributed by atoms with Gasteiger partial charge in [0.05, 0.1) is 32.3 Å². The van der Waals surface area contributed by atoms with Crippen molar-refractivity contribution in [3.05, 3.63) is 36.3 Å². The number of anilines is 1. The van der Waals surface area contributed by atoms with Gasteiger partial charge in [-0.05, 0) is 32.9 Å². The van der Waals surface area contributed by atoms with Crippen LogP contribution in [-0.2, 0) is 46.2 Å². The van der Waals surface area contributed by atoms with Gasteiger partial charge < -0.3 is 29.0 Å². The average Bonchev–Trinajstić information content (AvgIpc) is 3.69. The van der Waals surface area contributed by atoms with Crippen LogP contribution in [-0.4, -0.2) is 111 Å². The average molecular weight is 771 g/mol. The van der Waals surface area contributed by atoms with Crippen LogP contribution >= 0.6 is 15.6 Å². The van der Waals surface area contributed by atoms with Gasteiger partial charge in [-0.3, -0.25) is 27.5 Å². The minimum atomic E-state index is -4.49. The molecular formula is C29H32F2N7O12P2+. The Balaban J connectivity index is 0.956. The number of benzene rings is 1. The van der Waals surface area contributed by atoms with Gasteiger partial charge in [0.15, 0.2) is 17.5 Å². The van der Waals surface area contributed by atoms with E-state index in [1.165, 1.54) is 66.9 Å². The molecule has 0 spiro atoms. The van der Waals surface area contributed by atoms with Crippen molar-refractivity contribution in [3.63, 3.8) is 0 Å². The summed E-state index contributed by atoms with van der Waals surface area (Å²) in [5, 5.41) is 0. The Labute approximate surface area is 293 Å². The second-order valence-corrected chi connectivity index (χ2v) is 16.0. The van der Waals surface area contributed by atoms with Crippen molar-refractivity contribution in [2.45, 2.75) is 69.0 Å². The number of phosphoric ester groups is 2. The van der Waals surface area contributed by atoms with Gasteiger partial charge in [-0.25, -0.2) is 27.9 Å². The molecule has 0 radical (unpaired) electrons. The third kappa shape index (κ3) is 5.98. The molecule has 0 aliphatic carbocycles. The van der Waals surface area contributed by atoms with Crippen molar-refractivity contribution in [3.8, 4) is 11.5 Å². The summed E-state index contributed by atoms with van der Waals surface area (Å²) in [4.78, 5) is 28.3. The quantitative estimate of drug-likeness (QED) is 0.281. The molecule has 4 fully saturated rings. The lowest BCUT2D eigenvalue weighted by Crippen LogP contribution is -2.50. The summed E-state index contributed by atoms with van der Waals surface area (Å²) >= 11 is 0. The predicted molar refractivity (Wildman–Crippen MR) is 171 cm³/mol. The van der Waals surface area contributed by atoms with Crippen molar-refractivity contribution in [2.24, 2.45) is 4.99 Å². The lowest BCUT2D eigenvalue weighted by atomic mass is 9.98. The summed E-state index contributed by atoms with van der Waals surface area (Å²) in [6, 6.07) is 5.33. The zero-order valence-corrected chi connectivity index (χ0v) is 29.6. The van der Waals surface area contributed by atoms with Crippen molar-refractivity contribution in [1.82, 2.24) is 19.5 Å². The second-order valence-electron chi connectivity index (χ2n) is 12.9. The highest BCUT2D eigenvalue weighted by Gasteiger charge is 2.66. The zero-order valence-electron chi connectivity index (χ0n) is 27.9. The molecule has 0 saturated carbocycles. The molecule has 2 N–H and O–H groups in total. The fourth-order valence-electron chi connectivity index (χ4n) is 6.72. The molecule has 0 bridgehead atoms. The highest BCUT2D eigenvalue weighted by atomic mass is 31.2. The topological polar surface area (TPSA) is 219 Å². The number of halogens is 2. The van der Waals surface area contributed by atoms with Crippen molar-refractivity contribution in [1.29, 1.82) is 0 Å². The number of nitrogens with zero attached hydrogens (tertiary/aromatic N) is 6. The molecule has 3 aromatic rings. The number of nitrogens with two attached hydrogens (primary N) is 1. The first kappa shape index (κ1) is 35.1. The summed E-state index contributed by atoms with van der Waals surface area (Å²) in [6.07, 6.45) is -4.83. The molecule has 52 heavy (non-hydrogen) atoms. The molecule has 278 valence electrons. The highest BCUT2D eigenvalue weighted by Crippen LogP contribution is 2.61. The van der Waals surface area contributed by atoms with Gasteiger partial charge in [0.1, 0.15) is 41.4 Å². The van der Waals surface area contributed by atoms with Crippen molar-refractivity contribution in [2.75, 3.05) is 32.6 Å². The highest BCUT2D eigenvalue weighted by molar-refractivity contribution is 7.49. The fraction of sp³-hybridized carbons (Fsp3) is 0.517. The monoisotopic (exact) mass is 770 g/mol. The maximum Gasteiger partial charge on any atom is 0.530 e. The summed E-state index contributed by atoms with van der Waals surface area (Å²) < 4.78 is 113. The normalized spacial score (nSPS) is 38.7. The Morgan fingerprint density at radius 1 is 1.00 bits per heavy atom. The molecule has 23 heteroatoms. The van der Waals surface area contributed by atoms with E-state index < -0.39 is 69.8 Å². The van der Waals surface area contributed by atoms with Crippen LogP contribution in [0.15, 0.2) is 35.6 Å². The Morgan fingerprint density at radius 2 is 1.63 bits per heavy atom. The van der Waals surface area contributed by atoms with Crippen molar-refractivity contribution < 1.29 is 68.6 Å². The number of nitrogen functional groups attached to an aromatic ring is 1. The van der Waals surface area contributed by atoms with E-state index in [1.54, 1.807) is 6.92 Å². The van der Waals surface area contributed by atoms with E-state index in [4.69, 9.17) is 47.1 Å². The number of fused-ring (bicyclic) bond motifs is 3. The minimum absolute atomic E-state index is 0.0353. The third-order valence-electron chi connectivity index (χ3n) is 9.09. The number of phosphoric acid groups is 2. The molecule has 5 aliphatic heterocycles. The van der Waals surface area contributed by atoms with Crippen LogP contribution in [0.2, 0.25) is 0 Å². The molecule has 1 aromatic carbocycles. The van der Waals surface area contributed by atoms with Gasteiger partial charge in [0, 0.05) is 6.07 Å². The molecular weight excluding hydrogens is 738 g/mol. The molecule has 1 amide bonds. The Hall–Kier alpha value is -3.94. The van der Waals surface area contributed by atoms with Crippen LogP contribution in [0.3, 0.4) is 0 Å². The van der Waals surface area contributed by atoms with Gasteiger partial charge in [-0.15, -0.1) is 0 Å². The number of rotatable bonds is 6. The number of carbonyl (C=O) groups is 1. The third-order valence-corrected chi connectivity index (χ3v) is 11.9. The first-order valence-corrected chi connectivity index (χ1v) is 18.8. The van der Waals surface area contributed by atoms with Crippen LogP contribution in [0, 0.1) is 6.92 Å². The van der Waals surface area contributed by atoms with Gasteiger partial charge >= 0.3 is 21.6 Å². The van der Waals surface area contributed by atoms with Crippen LogP contribution in [0.4, 0.5) is 14.7 Å². The van der Waals surface area contributed by atoms with Gasteiger partial charge in [-0.1, -0.05) is 6.07 Å². The smallest absolute Gasteiger partial charge is 0.477 e. The lowest BCUT2D eigenvalue weighted by molar-refractivity contribution is -0.609. The second kappa shape index (κ2) is 12.3. The van der Waals surface area contributed by atoms with Crippen LogP contribution < -0.4 is 14.8 Å². The Morgan fingerprint density at radius 3 is 2.29 bits per heavy atom. The minimum Gasteiger partial charge on any atom is -0.477 e. The number of methoxy groups -OCH3 is 1. The number of alkyl halides is 2. The molecule has 4 saturated heterocycles. The van der Waals surface area contributed by atoms with Crippen LogP contribution in [0.1, 0.15) is 25.8 Å². The molecule has 8 rings (SSSR count). The van der Waals surface area contributed by atoms with E-state index >= 15 is 8.78 Å². The maximum atomic E-state index is 16.5. The molecule has 19 nitrogen and oxygen atoms in total.